The number of nitrogens with zero attached hydrogens (tertiary/aromatic N) is 2. The molecule has 1 aromatic heterocycles. The number of hydrogen-bond donors (Lipinski definition) is 1. The fourth-order valence-corrected chi connectivity index (χ4v) is 2.82. The first kappa shape index (κ1) is 19.1. The summed E-state index contributed by atoms with van der Waals surface area (Å²) in [6, 6.07) is 19.9. The highest BCUT2D eigenvalue weighted by Crippen LogP contribution is 2.21. The Labute approximate surface area is 163 Å². The first-order valence-corrected chi connectivity index (χ1v) is 8.90. The van der Waals surface area contributed by atoms with Crippen molar-refractivity contribution in [3.05, 3.63) is 84.2 Å². The Kier molecular flexibility index (Phi) is 6.01. The molecule has 0 bridgehead atoms. The van der Waals surface area contributed by atoms with Gasteiger partial charge in [-0.2, -0.15) is 0 Å². The van der Waals surface area contributed by atoms with Gasteiger partial charge in [-0.1, -0.05) is 24.3 Å². The van der Waals surface area contributed by atoms with Crippen molar-refractivity contribution in [3.63, 3.8) is 0 Å². The van der Waals surface area contributed by atoms with E-state index in [2.05, 4.69) is 10.3 Å². The SMILES string of the molecule is CCN(C(=O)c1cc(Nc2cccc(C(=O)OC)c2)ccn1)c1ccccc1. The molecule has 142 valence electrons. The Balaban J connectivity index is 1.82. The third-order valence-electron chi connectivity index (χ3n) is 4.18. The minimum atomic E-state index is -0.407. The maximum atomic E-state index is 12.9. The van der Waals surface area contributed by atoms with Crippen LogP contribution in [-0.4, -0.2) is 30.5 Å². The predicted octanol–water partition coefficient (Wildman–Crippen LogP) is 4.28. The second kappa shape index (κ2) is 8.81. The molecule has 0 radical (unpaired) electrons. The molecule has 0 aliphatic rings. The Morgan fingerprint density at radius 2 is 1.75 bits per heavy atom. The van der Waals surface area contributed by atoms with Crippen LogP contribution < -0.4 is 10.2 Å². The molecular formula is C22H21N3O3. The normalized spacial score (nSPS) is 10.2. The van der Waals surface area contributed by atoms with Gasteiger partial charge in [0.05, 0.1) is 12.7 Å². The van der Waals surface area contributed by atoms with Gasteiger partial charge in [-0.25, -0.2) is 4.79 Å². The highest BCUT2D eigenvalue weighted by Gasteiger charge is 2.17. The van der Waals surface area contributed by atoms with Crippen LogP contribution in [0.3, 0.4) is 0 Å². The highest BCUT2D eigenvalue weighted by atomic mass is 16.5. The molecule has 0 unspecified atom stereocenters. The summed E-state index contributed by atoms with van der Waals surface area (Å²) in [4.78, 5) is 30.5. The molecule has 0 fully saturated rings. The molecule has 6 nitrogen and oxygen atoms in total. The molecule has 0 aliphatic carbocycles. The Morgan fingerprint density at radius 1 is 1.00 bits per heavy atom. The average Bonchev–Trinajstić information content (AvgIpc) is 2.75. The monoisotopic (exact) mass is 375 g/mol. The van der Waals surface area contributed by atoms with Gasteiger partial charge in [0.15, 0.2) is 0 Å². The van der Waals surface area contributed by atoms with Gasteiger partial charge in [-0.15, -0.1) is 0 Å². The van der Waals surface area contributed by atoms with E-state index < -0.39 is 5.97 Å². The Bertz CT molecular complexity index is 974. The molecule has 0 spiro atoms. The number of hydrogen-bond acceptors (Lipinski definition) is 5. The molecule has 1 amide bonds. The minimum Gasteiger partial charge on any atom is -0.465 e. The number of para-hydroxylation sites is 1. The van der Waals surface area contributed by atoms with E-state index in [1.807, 2.05) is 43.3 Å². The van der Waals surface area contributed by atoms with Crippen LogP contribution in [-0.2, 0) is 4.74 Å². The number of methoxy groups -OCH3 is 1. The van der Waals surface area contributed by atoms with Crippen LogP contribution >= 0.6 is 0 Å². The van der Waals surface area contributed by atoms with E-state index in [1.54, 1.807) is 41.4 Å². The summed E-state index contributed by atoms with van der Waals surface area (Å²) in [6.07, 6.45) is 1.58. The lowest BCUT2D eigenvalue weighted by Gasteiger charge is -2.20. The van der Waals surface area contributed by atoms with Gasteiger partial charge in [0.1, 0.15) is 5.69 Å². The van der Waals surface area contributed by atoms with Crippen LogP contribution in [0.4, 0.5) is 17.1 Å². The number of ether oxygens (including phenoxy) is 1. The van der Waals surface area contributed by atoms with Crippen molar-refractivity contribution in [3.8, 4) is 0 Å². The van der Waals surface area contributed by atoms with Gasteiger partial charge in [0.25, 0.3) is 5.91 Å². The number of rotatable bonds is 6. The third-order valence-corrected chi connectivity index (χ3v) is 4.18. The molecule has 28 heavy (non-hydrogen) atoms. The molecule has 2 aromatic carbocycles. The van der Waals surface area contributed by atoms with Crippen molar-refractivity contribution in [2.45, 2.75) is 6.92 Å². The lowest BCUT2D eigenvalue weighted by atomic mass is 10.2. The van der Waals surface area contributed by atoms with Crippen molar-refractivity contribution in [1.29, 1.82) is 0 Å². The van der Waals surface area contributed by atoms with Crippen LogP contribution in [0.25, 0.3) is 0 Å². The number of nitrogens with one attached hydrogen (secondary N) is 1. The van der Waals surface area contributed by atoms with Crippen molar-refractivity contribution in [1.82, 2.24) is 4.98 Å². The number of anilines is 3. The Hall–Kier alpha value is -3.67. The fourth-order valence-electron chi connectivity index (χ4n) is 2.82. The Morgan fingerprint density at radius 3 is 2.46 bits per heavy atom. The van der Waals surface area contributed by atoms with Gasteiger partial charge in [0.2, 0.25) is 0 Å². The van der Waals surface area contributed by atoms with Crippen molar-refractivity contribution >= 4 is 28.9 Å². The van der Waals surface area contributed by atoms with E-state index in [0.29, 0.717) is 29.2 Å². The lowest BCUT2D eigenvalue weighted by molar-refractivity contribution is 0.0600. The average molecular weight is 375 g/mol. The van der Waals surface area contributed by atoms with Gasteiger partial charge >= 0.3 is 5.97 Å². The van der Waals surface area contributed by atoms with Crippen molar-refractivity contribution in [2.24, 2.45) is 0 Å². The molecule has 0 saturated carbocycles. The zero-order valence-corrected chi connectivity index (χ0v) is 15.8. The van der Waals surface area contributed by atoms with Gasteiger partial charge in [0, 0.05) is 29.8 Å². The summed E-state index contributed by atoms with van der Waals surface area (Å²) in [5, 5.41) is 3.20. The van der Waals surface area contributed by atoms with E-state index in [-0.39, 0.29) is 5.91 Å². The third kappa shape index (κ3) is 4.35. The number of aromatic nitrogens is 1. The summed E-state index contributed by atoms with van der Waals surface area (Å²) in [7, 11) is 1.34. The second-order valence-electron chi connectivity index (χ2n) is 6.01. The number of carbonyl (C=O) groups is 2. The van der Waals surface area contributed by atoms with Crippen molar-refractivity contribution in [2.75, 3.05) is 23.9 Å². The molecule has 3 aromatic rings. The maximum Gasteiger partial charge on any atom is 0.337 e. The summed E-state index contributed by atoms with van der Waals surface area (Å²) >= 11 is 0. The predicted molar refractivity (Wildman–Crippen MR) is 109 cm³/mol. The number of benzene rings is 2. The second-order valence-corrected chi connectivity index (χ2v) is 6.01. The van der Waals surface area contributed by atoms with E-state index in [0.717, 1.165) is 5.69 Å². The first-order valence-electron chi connectivity index (χ1n) is 8.90. The summed E-state index contributed by atoms with van der Waals surface area (Å²) in [6.45, 7) is 2.45. The zero-order valence-electron chi connectivity index (χ0n) is 15.8. The van der Waals surface area contributed by atoms with Gasteiger partial charge in [-0.05, 0) is 49.4 Å². The van der Waals surface area contributed by atoms with Crippen LogP contribution in [0, 0.1) is 0 Å². The quantitative estimate of drug-likeness (QED) is 0.651. The smallest absolute Gasteiger partial charge is 0.337 e. The van der Waals surface area contributed by atoms with E-state index in [4.69, 9.17) is 4.74 Å². The molecule has 6 heteroatoms. The summed E-state index contributed by atoms with van der Waals surface area (Å²) in [5.74, 6) is -0.587. The van der Waals surface area contributed by atoms with E-state index in [9.17, 15) is 9.59 Å². The van der Waals surface area contributed by atoms with Crippen molar-refractivity contribution < 1.29 is 14.3 Å². The van der Waals surface area contributed by atoms with Crippen LogP contribution in [0.2, 0.25) is 0 Å². The molecule has 1 N–H and O–H groups in total. The first-order chi connectivity index (χ1) is 13.6. The maximum absolute atomic E-state index is 12.9. The number of carbonyl (C=O) groups excluding carboxylic acids is 2. The fraction of sp³-hybridized carbons (Fsp3) is 0.136. The molecule has 3 rings (SSSR count). The largest absolute Gasteiger partial charge is 0.465 e. The molecule has 0 aliphatic heterocycles. The zero-order chi connectivity index (χ0) is 19.9. The number of pyridine rings is 1. The minimum absolute atomic E-state index is 0.180. The summed E-state index contributed by atoms with van der Waals surface area (Å²) in [5.41, 5.74) is 3.01. The van der Waals surface area contributed by atoms with Gasteiger partial charge in [-0.3, -0.25) is 9.78 Å². The standard InChI is InChI=1S/C22H21N3O3/c1-3-25(19-10-5-4-6-11-19)21(26)20-15-18(12-13-23-20)24-17-9-7-8-16(14-17)22(27)28-2/h4-15H,3H2,1-2H3,(H,23,24). The molecule has 0 saturated heterocycles. The lowest BCUT2D eigenvalue weighted by Crippen LogP contribution is -2.31. The number of amides is 1. The van der Waals surface area contributed by atoms with E-state index in [1.165, 1.54) is 7.11 Å². The topological polar surface area (TPSA) is 71.5 Å². The summed E-state index contributed by atoms with van der Waals surface area (Å²) < 4.78 is 4.75. The van der Waals surface area contributed by atoms with E-state index >= 15 is 0 Å². The highest BCUT2D eigenvalue weighted by molar-refractivity contribution is 6.05. The molecular weight excluding hydrogens is 354 g/mol. The molecule has 1 heterocycles. The van der Waals surface area contributed by atoms with Crippen LogP contribution in [0.1, 0.15) is 27.8 Å². The van der Waals surface area contributed by atoms with Gasteiger partial charge < -0.3 is 15.0 Å². The molecule has 0 atom stereocenters. The van der Waals surface area contributed by atoms with Crippen LogP contribution in [0.15, 0.2) is 72.9 Å². The van der Waals surface area contributed by atoms with Crippen LogP contribution in [0.5, 0.6) is 0 Å². The number of esters is 1.